The van der Waals surface area contributed by atoms with Crippen LogP contribution in [0.3, 0.4) is 0 Å². The van der Waals surface area contributed by atoms with Crippen molar-refractivity contribution in [3.8, 4) is 0 Å². The molecule has 0 aliphatic rings. The fourth-order valence-electron chi connectivity index (χ4n) is 1.31. The smallest absolute Gasteiger partial charge is 0.162 e. The maximum atomic E-state index is 11.6. The second kappa shape index (κ2) is 5.97. The Kier molecular flexibility index (Phi) is 4.88. The zero-order valence-electron chi connectivity index (χ0n) is 8.37. The Bertz CT molecular complexity index is 280. The summed E-state index contributed by atoms with van der Waals surface area (Å²) in [5.74, 6) is 0.249. The van der Waals surface area contributed by atoms with Crippen molar-refractivity contribution in [3.63, 3.8) is 0 Å². The molecule has 0 bridgehead atoms. The van der Waals surface area contributed by atoms with Crippen molar-refractivity contribution in [1.82, 2.24) is 0 Å². The first-order chi connectivity index (χ1) is 6.70. The van der Waals surface area contributed by atoms with Gasteiger partial charge in [-0.3, -0.25) is 4.79 Å². The van der Waals surface area contributed by atoms with E-state index < -0.39 is 0 Å². The number of hydrogen-bond donors (Lipinski definition) is 0. The summed E-state index contributed by atoms with van der Waals surface area (Å²) in [5, 5.41) is 0. The summed E-state index contributed by atoms with van der Waals surface area (Å²) < 4.78 is 0. The number of carbonyl (C=O) groups is 1. The number of rotatable bonds is 5. The second-order valence-electron chi connectivity index (χ2n) is 3.46. The third kappa shape index (κ3) is 4.05. The summed E-state index contributed by atoms with van der Waals surface area (Å²) in [5.41, 5.74) is 0.828. The van der Waals surface area contributed by atoms with Crippen LogP contribution >= 0.6 is 15.9 Å². The molecule has 0 aliphatic carbocycles. The van der Waals surface area contributed by atoms with Gasteiger partial charge in [-0.05, 0) is 12.8 Å². The molecule has 0 saturated carbocycles. The van der Waals surface area contributed by atoms with Crippen molar-refractivity contribution in [3.05, 3.63) is 35.9 Å². The average molecular weight is 255 g/mol. The number of Topliss-reactive ketones (excluding diaryl/α,β-unsaturated/α-hetero) is 1. The van der Waals surface area contributed by atoms with Crippen LogP contribution in [0, 0.1) is 0 Å². The minimum absolute atomic E-state index is 0.249. The number of carbonyl (C=O) groups excluding carboxylic acids is 1. The summed E-state index contributed by atoms with van der Waals surface area (Å²) in [4.78, 5) is 12.1. The van der Waals surface area contributed by atoms with E-state index in [4.69, 9.17) is 0 Å². The topological polar surface area (TPSA) is 17.1 Å². The summed E-state index contributed by atoms with van der Waals surface area (Å²) in [6.07, 6.45) is 2.67. The zero-order valence-corrected chi connectivity index (χ0v) is 9.96. The highest BCUT2D eigenvalue weighted by atomic mass is 79.9. The highest BCUT2D eigenvalue weighted by molar-refractivity contribution is 9.09. The third-order valence-electron chi connectivity index (χ3n) is 2.10. The van der Waals surface area contributed by atoms with E-state index in [-0.39, 0.29) is 5.78 Å². The maximum absolute atomic E-state index is 11.6. The third-order valence-corrected chi connectivity index (χ3v) is 2.56. The van der Waals surface area contributed by atoms with Crippen LogP contribution in [0.15, 0.2) is 30.3 Å². The predicted molar refractivity (Wildman–Crippen MR) is 63.0 cm³/mol. The van der Waals surface area contributed by atoms with E-state index in [1.165, 1.54) is 0 Å². The maximum Gasteiger partial charge on any atom is 0.162 e. The molecule has 1 aromatic carbocycles. The fourth-order valence-corrected chi connectivity index (χ4v) is 1.64. The van der Waals surface area contributed by atoms with Gasteiger partial charge in [0.2, 0.25) is 0 Å². The van der Waals surface area contributed by atoms with E-state index in [2.05, 4.69) is 22.9 Å². The monoisotopic (exact) mass is 254 g/mol. The fraction of sp³-hybridized carbons (Fsp3) is 0.417. The van der Waals surface area contributed by atoms with E-state index in [0.29, 0.717) is 11.2 Å². The Balaban J connectivity index is 2.36. The quantitative estimate of drug-likeness (QED) is 0.577. The van der Waals surface area contributed by atoms with Crippen LogP contribution in [0.4, 0.5) is 0 Å². The van der Waals surface area contributed by atoms with Gasteiger partial charge in [-0.2, -0.15) is 0 Å². The SMILES string of the molecule is CC(Br)CCCC(=O)c1ccccc1. The van der Waals surface area contributed by atoms with Crippen LogP contribution < -0.4 is 0 Å². The lowest BCUT2D eigenvalue weighted by molar-refractivity contribution is 0.0979. The lowest BCUT2D eigenvalue weighted by Gasteiger charge is -2.02. The highest BCUT2D eigenvalue weighted by Crippen LogP contribution is 2.11. The second-order valence-corrected chi connectivity index (χ2v) is 5.03. The van der Waals surface area contributed by atoms with Crippen LogP contribution in [-0.4, -0.2) is 10.6 Å². The first kappa shape index (κ1) is 11.4. The van der Waals surface area contributed by atoms with Gasteiger partial charge in [0.25, 0.3) is 0 Å². The number of alkyl halides is 1. The molecule has 0 spiro atoms. The van der Waals surface area contributed by atoms with Gasteiger partial charge in [0, 0.05) is 16.8 Å². The Labute approximate surface area is 93.7 Å². The summed E-state index contributed by atoms with van der Waals surface area (Å²) >= 11 is 3.47. The van der Waals surface area contributed by atoms with Crippen molar-refractivity contribution >= 4 is 21.7 Å². The molecule has 1 nitrogen and oxygen atoms in total. The Hall–Kier alpha value is -0.630. The van der Waals surface area contributed by atoms with Crippen LogP contribution in [0.25, 0.3) is 0 Å². The van der Waals surface area contributed by atoms with E-state index in [0.717, 1.165) is 18.4 Å². The first-order valence-corrected chi connectivity index (χ1v) is 5.84. The van der Waals surface area contributed by atoms with Crippen molar-refractivity contribution in [2.75, 3.05) is 0 Å². The van der Waals surface area contributed by atoms with Gasteiger partial charge < -0.3 is 0 Å². The van der Waals surface area contributed by atoms with E-state index >= 15 is 0 Å². The molecular weight excluding hydrogens is 240 g/mol. The molecular formula is C12H15BrO. The molecule has 14 heavy (non-hydrogen) atoms. The highest BCUT2D eigenvalue weighted by Gasteiger charge is 2.05. The largest absolute Gasteiger partial charge is 0.294 e. The predicted octanol–water partition coefficient (Wildman–Crippen LogP) is 3.82. The summed E-state index contributed by atoms with van der Waals surface area (Å²) in [6, 6.07) is 9.48. The Morgan fingerprint density at radius 3 is 2.57 bits per heavy atom. The van der Waals surface area contributed by atoms with Crippen molar-refractivity contribution in [1.29, 1.82) is 0 Å². The van der Waals surface area contributed by atoms with Gasteiger partial charge >= 0.3 is 0 Å². The lowest BCUT2D eigenvalue weighted by atomic mass is 10.1. The minimum Gasteiger partial charge on any atom is -0.294 e. The van der Waals surface area contributed by atoms with Gasteiger partial charge in [-0.1, -0.05) is 53.2 Å². The molecule has 1 atom stereocenters. The summed E-state index contributed by atoms with van der Waals surface area (Å²) in [6.45, 7) is 2.10. The number of hydrogen-bond acceptors (Lipinski definition) is 1. The molecule has 0 radical (unpaired) electrons. The zero-order chi connectivity index (χ0) is 10.4. The minimum atomic E-state index is 0.249. The molecule has 1 unspecified atom stereocenters. The average Bonchev–Trinajstić information content (AvgIpc) is 2.18. The molecule has 2 heteroatoms. The molecule has 0 N–H and O–H groups in total. The molecule has 76 valence electrons. The number of benzene rings is 1. The molecule has 1 rings (SSSR count). The Morgan fingerprint density at radius 2 is 2.00 bits per heavy atom. The van der Waals surface area contributed by atoms with Crippen molar-refractivity contribution in [2.45, 2.75) is 31.0 Å². The van der Waals surface area contributed by atoms with Crippen molar-refractivity contribution in [2.24, 2.45) is 0 Å². The molecule has 0 amide bonds. The van der Waals surface area contributed by atoms with Gasteiger partial charge in [-0.25, -0.2) is 0 Å². The molecule has 0 saturated heterocycles. The van der Waals surface area contributed by atoms with Crippen LogP contribution in [-0.2, 0) is 0 Å². The van der Waals surface area contributed by atoms with E-state index in [1.807, 2.05) is 30.3 Å². The molecule has 0 heterocycles. The van der Waals surface area contributed by atoms with Crippen LogP contribution in [0.2, 0.25) is 0 Å². The lowest BCUT2D eigenvalue weighted by Crippen LogP contribution is -2.00. The van der Waals surface area contributed by atoms with Gasteiger partial charge in [0.05, 0.1) is 0 Å². The standard InChI is InChI=1S/C12H15BrO/c1-10(13)6-5-9-12(14)11-7-3-2-4-8-11/h2-4,7-8,10H,5-6,9H2,1H3. The summed E-state index contributed by atoms with van der Waals surface area (Å²) in [7, 11) is 0. The van der Waals surface area contributed by atoms with E-state index in [1.54, 1.807) is 0 Å². The molecule has 0 aromatic heterocycles. The van der Waals surface area contributed by atoms with E-state index in [9.17, 15) is 4.79 Å². The Morgan fingerprint density at radius 1 is 1.36 bits per heavy atom. The van der Waals surface area contributed by atoms with Crippen LogP contribution in [0.5, 0.6) is 0 Å². The number of halogens is 1. The normalized spacial score (nSPS) is 12.4. The molecule has 1 aromatic rings. The van der Waals surface area contributed by atoms with Crippen LogP contribution in [0.1, 0.15) is 36.5 Å². The van der Waals surface area contributed by atoms with Gasteiger partial charge in [0.15, 0.2) is 5.78 Å². The molecule has 0 fully saturated rings. The van der Waals surface area contributed by atoms with Gasteiger partial charge in [-0.15, -0.1) is 0 Å². The van der Waals surface area contributed by atoms with Gasteiger partial charge in [0.1, 0.15) is 0 Å². The van der Waals surface area contributed by atoms with Crippen molar-refractivity contribution < 1.29 is 4.79 Å². The molecule has 0 aliphatic heterocycles. The number of ketones is 1. The first-order valence-electron chi connectivity index (χ1n) is 4.92.